The van der Waals surface area contributed by atoms with Crippen LogP contribution in [-0.4, -0.2) is 24.5 Å². The van der Waals surface area contributed by atoms with E-state index >= 15 is 0 Å². The fourth-order valence-electron chi connectivity index (χ4n) is 2.60. The first kappa shape index (κ1) is 12.0. The maximum Gasteiger partial charge on any atom is 0.224 e. The van der Waals surface area contributed by atoms with Crippen LogP contribution in [0.4, 0.5) is 11.4 Å². The Morgan fingerprint density at radius 3 is 2.47 bits per heavy atom. The van der Waals surface area contributed by atoms with E-state index in [4.69, 9.17) is 0 Å². The molecule has 1 aliphatic rings. The number of nitrogens with zero attached hydrogens (tertiary/aromatic N) is 2. The zero-order valence-electron chi connectivity index (χ0n) is 11.7. The molecule has 0 atom stereocenters. The molecule has 0 saturated heterocycles. The third-order valence-electron chi connectivity index (χ3n) is 3.91. The van der Waals surface area contributed by atoms with Gasteiger partial charge < -0.3 is 4.90 Å². The maximum atomic E-state index is 2.30. The third kappa shape index (κ3) is 2.03. The molecule has 2 aromatic carbocycles. The number of rotatable bonds is 1. The van der Waals surface area contributed by atoms with E-state index in [9.17, 15) is 0 Å². The van der Waals surface area contributed by atoms with Gasteiger partial charge in [0.1, 0.15) is 0 Å². The summed E-state index contributed by atoms with van der Waals surface area (Å²) in [7, 11) is 2.15. The molecule has 2 aromatic rings. The van der Waals surface area contributed by atoms with Gasteiger partial charge in [0.25, 0.3) is 0 Å². The molecule has 2 heteroatoms. The average Bonchev–Trinajstić information content (AvgIpc) is 2.44. The van der Waals surface area contributed by atoms with Crippen molar-refractivity contribution in [2.75, 3.05) is 18.6 Å². The topological polar surface area (TPSA) is 6.25 Å². The molecule has 0 aliphatic carbocycles. The lowest BCUT2D eigenvalue weighted by Crippen LogP contribution is -2.32. The van der Waals surface area contributed by atoms with E-state index in [1.54, 1.807) is 0 Å². The second kappa shape index (κ2) is 4.54. The standard InChI is InChI=1S/C17H19N2/c1-13-9-10-17-16(14(13)2)11-19(12-18(17)3)15-7-5-4-6-8-15/h4-11H,12H2,1-3H3/q+1. The summed E-state index contributed by atoms with van der Waals surface area (Å²) in [4.78, 5) is 2.30. The van der Waals surface area contributed by atoms with Crippen LogP contribution in [0.25, 0.3) is 0 Å². The molecular formula is C17H19N2+. The van der Waals surface area contributed by atoms with Crippen LogP contribution in [0.2, 0.25) is 0 Å². The summed E-state index contributed by atoms with van der Waals surface area (Å²) in [6.45, 7) is 5.26. The second-order valence-electron chi connectivity index (χ2n) is 5.21. The third-order valence-corrected chi connectivity index (χ3v) is 3.91. The van der Waals surface area contributed by atoms with E-state index in [1.807, 2.05) is 0 Å². The van der Waals surface area contributed by atoms with Crippen LogP contribution in [-0.2, 0) is 0 Å². The minimum Gasteiger partial charge on any atom is -0.319 e. The smallest absolute Gasteiger partial charge is 0.224 e. The van der Waals surface area contributed by atoms with Crippen LogP contribution in [0.3, 0.4) is 0 Å². The summed E-state index contributed by atoms with van der Waals surface area (Å²) in [5, 5.41) is 0. The van der Waals surface area contributed by atoms with Gasteiger partial charge in [-0.1, -0.05) is 24.3 Å². The fourth-order valence-corrected chi connectivity index (χ4v) is 2.60. The Kier molecular flexibility index (Phi) is 2.86. The van der Waals surface area contributed by atoms with E-state index in [1.165, 1.54) is 28.1 Å². The summed E-state index contributed by atoms with van der Waals surface area (Å²) >= 11 is 0. The normalized spacial score (nSPS) is 14.1. The van der Waals surface area contributed by atoms with Gasteiger partial charge in [0.15, 0.2) is 6.21 Å². The number of aryl methyl sites for hydroxylation is 1. The van der Waals surface area contributed by atoms with E-state index < -0.39 is 0 Å². The summed E-state index contributed by atoms with van der Waals surface area (Å²) in [6.07, 6.45) is 2.27. The highest BCUT2D eigenvalue weighted by Gasteiger charge is 2.23. The molecule has 0 spiro atoms. The molecule has 19 heavy (non-hydrogen) atoms. The number of benzene rings is 2. The molecule has 0 unspecified atom stereocenters. The van der Waals surface area contributed by atoms with Crippen molar-refractivity contribution in [1.82, 2.24) is 0 Å². The average molecular weight is 251 g/mol. The molecule has 3 rings (SSSR count). The van der Waals surface area contributed by atoms with Gasteiger partial charge in [-0.2, -0.15) is 4.58 Å². The van der Waals surface area contributed by atoms with Crippen molar-refractivity contribution < 1.29 is 4.58 Å². The molecule has 96 valence electrons. The Bertz CT molecular complexity index is 642. The molecule has 0 N–H and O–H groups in total. The lowest BCUT2D eigenvalue weighted by molar-refractivity contribution is -0.435. The van der Waals surface area contributed by atoms with Gasteiger partial charge in [0.05, 0.1) is 11.3 Å². The maximum absolute atomic E-state index is 2.30. The van der Waals surface area contributed by atoms with Crippen LogP contribution >= 0.6 is 0 Å². The van der Waals surface area contributed by atoms with Crippen LogP contribution in [0, 0.1) is 13.8 Å². The van der Waals surface area contributed by atoms with Crippen molar-refractivity contribution in [1.29, 1.82) is 0 Å². The van der Waals surface area contributed by atoms with Gasteiger partial charge in [-0.05, 0) is 31.0 Å². The van der Waals surface area contributed by atoms with Crippen molar-refractivity contribution >= 4 is 17.6 Å². The molecule has 0 aromatic heterocycles. The van der Waals surface area contributed by atoms with Gasteiger partial charge in [-0.3, -0.25) is 0 Å². The van der Waals surface area contributed by atoms with Crippen molar-refractivity contribution in [2.45, 2.75) is 13.8 Å². The van der Waals surface area contributed by atoms with Crippen LogP contribution in [0.5, 0.6) is 0 Å². The quantitative estimate of drug-likeness (QED) is 0.703. The second-order valence-corrected chi connectivity index (χ2v) is 5.21. The lowest BCUT2D eigenvalue weighted by Gasteiger charge is -2.25. The number of hydrogen-bond acceptors (Lipinski definition) is 1. The monoisotopic (exact) mass is 251 g/mol. The molecule has 0 fully saturated rings. The Morgan fingerprint density at radius 1 is 1.00 bits per heavy atom. The minimum absolute atomic E-state index is 0.888. The highest BCUT2D eigenvalue weighted by atomic mass is 15.3. The van der Waals surface area contributed by atoms with Crippen molar-refractivity contribution in [3.8, 4) is 0 Å². The highest BCUT2D eigenvalue weighted by molar-refractivity contribution is 5.89. The van der Waals surface area contributed by atoms with Gasteiger partial charge in [-0.15, -0.1) is 0 Å². The van der Waals surface area contributed by atoms with Gasteiger partial charge in [0.2, 0.25) is 12.4 Å². The van der Waals surface area contributed by atoms with E-state index in [2.05, 4.69) is 79.0 Å². The van der Waals surface area contributed by atoms with Crippen molar-refractivity contribution in [3.63, 3.8) is 0 Å². The molecule has 0 amide bonds. The van der Waals surface area contributed by atoms with Gasteiger partial charge in [-0.25, -0.2) is 0 Å². The van der Waals surface area contributed by atoms with Gasteiger partial charge >= 0.3 is 0 Å². The SMILES string of the molecule is Cc1ccc2c(c1C)C=[N+](c1ccccc1)CN2C. The highest BCUT2D eigenvalue weighted by Crippen LogP contribution is 2.28. The summed E-state index contributed by atoms with van der Waals surface area (Å²) in [5.41, 5.74) is 6.59. The Labute approximate surface area is 114 Å². The minimum atomic E-state index is 0.888. The van der Waals surface area contributed by atoms with E-state index in [-0.39, 0.29) is 0 Å². The Morgan fingerprint density at radius 2 is 1.74 bits per heavy atom. The van der Waals surface area contributed by atoms with Crippen LogP contribution in [0.1, 0.15) is 16.7 Å². The molecular weight excluding hydrogens is 232 g/mol. The lowest BCUT2D eigenvalue weighted by atomic mass is 10.0. The fraction of sp³-hybridized carbons (Fsp3) is 0.235. The molecule has 2 nitrogen and oxygen atoms in total. The molecule has 1 aliphatic heterocycles. The van der Waals surface area contributed by atoms with Crippen LogP contribution in [0.15, 0.2) is 42.5 Å². The Balaban J connectivity index is 2.16. The molecule has 0 saturated carbocycles. The molecule has 0 radical (unpaired) electrons. The van der Waals surface area contributed by atoms with Crippen molar-refractivity contribution in [3.05, 3.63) is 59.2 Å². The molecule has 1 heterocycles. The van der Waals surface area contributed by atoms with E-state index in [0.717, 1.165) is 6.67 Å². The first-order valence-electron chi connectivity index (χ1n) is 6.65. The zero-order valence-corrected chi connectivity index (χ0v) is 11.7. The van der Waals surface area contributed by atoms with Crippen LogP contribution < -0.4 is 4.90 Å². The summed E-state index contributed by atoms with van der Waals surface area (Å²) in [6, 6.07) is 15.0. The first-order valence-corrected chi connectivity index (χ1v) is 6.65. The molecule has 0 bridgehead atoms. The van der Waals surface area contributed by atoms with Gasteiger partial charge in [0, 0.05) is 19.2 Å². The predicted octanol–water partition coefficient (Wildman–Crippen LogP) is 3.47. The van der Waals surface area contributed by atoms with E-state index in [0.29, 0.717) is 0 Å². The number of anilines is 1. The van der Waals surface area contributed by atoms with Crippen molar-refractivity contribution in [2.24, 2.45) is 0 Å². The largest absolute Gasteiger partial charge is 0.319 e. The summed E-state index contributed by atoms with van der Waals surface area (Å²) < 4.78 is 2.30. The zero-order chi connectivity index (χ0) is 13.4. The number of hydrogen-bond donors (Lipinski definition) is 0. The number of fused-ring (bicyclic) bond motifs is 1. The predicted molar refractivity (Wildman–Crippen MR) is 80.7 cm³/mol. The number of para-hydroxylation sites is 1. The Hall–Kier alpha value is -2.09. The first-order chi connectivity index (χ1) is 9.16. The summed E-state index contributed by atoms with van der Waals surface area (Å²) in [5.74, 6) is 0.